The fourth-order valence-electron chi connectivity index (χ4n) is 3.84. The Kier molecular flexibility index (Phi) is 4.86. The van der Waals surface area contributed by atoms with Gasteiger partial charge in [0.25, 0.3) is 0 Å². The molecule has 0 spiro atoms. The number of methoxy groups -OCH3 is 1. The number of imidazole rings is 1. The molecule has 0 unspecified atom stereocenters. The summed E-state index contributed by atoms with van der Waals surface area (Å²) in [7, 11) is 3.29. The van der Waals surface area contributed by atoms with Crippen LogP contribution in [0.2, 0.25) is 0 Å². The van der Waals surface area contributed by atoms with Gasteiger partial charge in [0, 0.05) is 29.8 Å². The van der Waals surface area contributed by atoms with E-state index >= 15 is 0 Å². The molecule has 0 fully saturated rings. The number of nitrogens with one attached hydrogen (secondary N) is 1. The molecule has 0 aliphatic carbocycles. The number of rotatable bonds is 4. The molecule has 8 heteroatoms. The summed E-state index contributed by atoms with van der Waals surface area (Å²) in [6.07, 6.45) is 1.76. The van der Waals surface area contributed by atoms with Crippen molar-refractivity contribution in [1.29, 1.82) is 0 Å². The molecule has 2 aromatic heterocycles. The molecule has 1 aliphatic rings. The van der Waals surface area contributed by atoms with Gasteiger partial charge in [0.05, 0.1) is 35.9 Å². The normalized spacial score (nSPS) is 12.7. The van der Waals surface area contributed by atoms with E-state index < -0.39 is 5.97 Å². The summed E-state index contributed by atoms with van der Waals surface area (Å²) in [5.41, 5.74) is 7.61. The van der Waals surface area contributed by atoms with Crippen LogP contribution >= 0.6 is 11.8 Å². The van der Waals surface area contributed by atoms with Crippen LogP contribution in [0.1, 0.15) is 27.3 Å². The molecule has 0 saturated heterocycles. The van der Waals surface area contributed by atoms with Gasteiger partial charge >= 0.3 is 5.97 Å². The Morgan fingerprint density at radius 1 is 1.16 bits per heavy atom. The molecule has 7 nitrogen and oxygen atoms in total. The average Bonchev–Trinajstić information content (AvgIpc) is 3.40. The molecule has 0 bridgehead atoms. The maximum Gasteiger partial charge on any atom is 0.360 e. The zero-order valence-corrected chi connectivity index (χ0v) is 18.3. The third-order valence-electron chi connectivity index (χ3n) is 5.44. The minimum atomic E-state index is -0.541. The van der Waals surface area contributed by atoms with Crippen LogP contribution < -0.4 is 5.32 Å². The van der Waals surface area contributed by atoms with Crippen LogP contribution in [0.25, 0.3) is 22.3 Å². The number of para-hydroxylation sites is 1. The number of anilines is 2. The van der Waals surface area contributed by atoms with E-state index in [1.807, 2.05) is 54.6 Å². The van der Waals surface area contributed by atoms with Crippen molar-refractivity contribution >= 4 is 40.3 Å². The Morgan fingerprint density at radius 3 is 2.84 bits per heavy atom. The molecule has 1 aliphatic heterocycles. The lowest BCUT2D eigenvalue weighted by Gasteiger charge is -2.14. The van der Waals surface area contributed by atoms with Crippen LogP contribution in [0.15, 0.2) is 42.7 Å². The lowest BCUT2D eigenvalue weighted by molar-refractivity contribution is 0.0595. The second-order valence-electron chi connectivity index (χ2n) is 7.48. The number of fused-ring (bicyclic) bond motifs is 2. The van der Waals surface area contributed by atoms with Crippen molar-refractivity contribution in [3.63, 3.8) is 0 Å². The molecule has 2 aromatic carbocycles. The van der Waals surface area contributed by atoms with Crippen LogP contribution in [0, 0.1) is 6.92 Å². The van der Waals surface area contributed by atoms with E-state index in [0.29, 0.717) is 17.2 Å². The highest BCUT2D eigenvalue weighted by molar-refractivity contribution is 7.98. The lowest BCUT2D eigenvalue weighted by atomic mass is 10.1. The van der Waals surface area contributed by atoms with Crippen molar-refractivity contribution in [3.05, 3.63) is 65.2 Å². The zero-order valence-electron chi connectivity index (χ0n) is 17.5. The number of thioether (sulfide) groups is 1. The highest BCUT2D eigenvalue weighted by Crippen LogP contribution is 2.34. The second-order valence-corrected chi connectivity index (χ2v) is 8.46. The Bertz CT molecular complexity index is 1330. The summed E-state index contributed by atoms with van der Waals surface area (Å²) in [5.74, 6) is 1.87. The number of esters is 1. The molecule has 0 radical (unpaired) electrons. The van der Waals surface area contributed by atoms with Gasteiger partial charge in [-0.3, -0.25) is 0 Å². The zero-order chi connectivity index (χ0) is 21.5. The number of carbonyl (C=O) groups is 1. The Balaban J connectivity index is 1.61. The maximum atomic E-state index is 12.6. The minimum absolute atomic E-state index is 0.144. The van der Waals surface area contributed by atoms with Crippen molar-refractivity contribution in [2.75, 3.05) is 12.4 Å². The molecule has 0 atom stereocenters. The molecule has 3 heterocycles. The summed E-state index contributed by atoms with van der Waals surface area (Å²) in [6.45, 7) is 1.88. The summed E-state index contributed by atoms with van der Waals surface area (Å²) >= 11 is 1.90. The van der Waals surface area contributed by atoms with Crippen molar-refractivity contribution in [2.45, 2.75) is 18.4 Å². The average molecular weight is 432 g/mol. The Hall–Kier alpha value is -3.39. The fourth-order valence-corrected chi connectivity index (χ4v) is 4.93. The Morgan fingerprint density at radius 2 is 2.00 bits per heavy atom. The number of nitrogens with zero attached hydrogens (tertiary/aromatic N) is 4. The van der Waals surface area contributed by atoms with Gasteiger partial charge in [-0.1, -0.05) is 18.2 Å². The Labute approximate surface area is 183 Å². The summed E-state index contributed by atoms with van der Waals surface area (Å²) in [4.78, 5) is 26.5. The van der Waals surface area contributed by atoms with E-state index in [2.05, 4.69) is 27.4 Å². The summed E-state index contributed by atoms with van der Waals surface area (Å²) in [6, 6.07) is 12.1. The number of aryl methyl sites for hydroxylation is 2. The van der Waals surface area contributed by atoms with Crippen LogP contribution in [0.4, 0.5) is 11.5 Å². The summed E-state index contributed by atoms with van der Waals surface area (Å²) in [5, 5.41) is 3.27. The number of carbonyl (C=O) groups excluding carboxylic acids is 1. The highest BCUT2D eigenvalue weighted by Gasteiger charge is 2.22. The molecule has 31 heavy (non-hydrogen) atoms. The van der Waals surface area contributed by atoms with Gasteiger partial charge in [0.2, 0.25) is 0 Å². The van der Waals surface area contributed by atoms with E-state index in [-0.39, 0.29) is 5.69 Å². The largest absolute Gasteiger partial charge is 0.464 e. The van der Waals surface area contributed by atoms with Crippen molar-refractivity contribution in [2.24, 2.45) is 7.05 Å². The molecular weight excluding hydrogens is 410 g/mol. The maximum absolute atomic E-state index is 12.6. The van der Waals surface area contributed by atoms with Crippen LogP contribution in [0.3, 0.4) is 0 Å². The minimum Gasteiger partial charge on any atom is -0.464 e. The molecule has 0 saturated carbocycles. The van der Waals surface area contributed by atoms with Crippen molar-refractivity contribution in [3.8, 4) is 11.3 Å². The number of aromatic nitrogens is 4. The van der Waals surface area contributed by atoms with E-state index in [9.17, 15) is 4.79 Å². The smallest absolute Gasteiger partial charge is 0.360 e. The van der Waals surface area contributed by atoms with E-state index in [1.54, 1.807) is 6.33 Å². The number of hydrogen-bond donors (Lipinski definition) is 1. The first-order chi connectivity index (χ1) is 15.0. The predicted octanol–water partition coefficient (Wildman–Crippen LogP) is 4.62. The lowest BCUT2D eigenvalue weighted by Crippen LogP contribution is -2.12. The fraction of sp³-hybridized carbons (Fsp3) is 0.217. The first-order valence-electron chi connectivity index (χ1n) is 9.89. The van der Waals surface area contributed by atoms with E-state index in [1.165, 1.54) is 18.2 Å². The van der Waals surface area contributed by atoms with Gasteiger partial charge in [0.15, 0.2) is 11.5 Å². The second kappa shape index (κ2) is 7.70. The molecule has 156 valence electrons. The van der Waals surface area contributed by atoms with Crippen LogP contribution in [0.5, 0.6) is 0 Å². The van der Waals surface area contributed by atoms with Crippen LogP contribution in [-0.4, -0.2) is 32.6 Å². The van der Waals surface area contributed by atoms with E-state index in [4.69, 9.17) is 9.72 Å². The van der Waals surface area contributed by atoms with Crippen LogP contribution in [-0.2, 0) is 23.3 Å². The van der Waals surface area contributed by atoms with Crippen molar-refractivity contribution in [1.82, 2.24) is 19.5 Å². The van der Waals surface area contributed by atoms with Gasteiger partial charge in [-0.25, -0.2) is 19.7 Å². The van der Waals surface area contributed by atoms with Gasteiger partial charge in [-0.05, 0) is 36.2 Å². The number of hydrogen-bond acceptors (Lipinski definition) is 7. The molecule has 1 N–H and O–H groups in total. The highest BCUT2D eigenvalue weighted by atomic mass is 32.2. The molecule has 5 rings (SSSR count). The first-order valence-corrected chi connectivity index (χ1v) is 11.0. The number of ether oxygens (including phenoxy) is 1. The van der Waals surface area contributed by atoms with Gasteiger partial charge in [-0.15, -0.1) is 0 Å². The monoisotopic (exact) mass is 431 g/mol. The standard InChI is InChI=1S/C23H21N5O2S/c1-13-19(17-5-4-6-18-20(17)24-12-28(18)2)27-21(23(29)30-3)22(25-13)26-16-8-7-14-10-31-11-15(14)9-16/h4-9,12H,10-11H2,1-3H3,(H,25,26). The SMILES string of the molecule is COC(=O)c1nc(-c2cccc3c2ncn3C)c(C)nc1Nc1ccc2c(c1)CSC2. The van der Waals surface area contributed by atoms with Gasteiger partial charge in [-0.2, -0.15) is 11.8 Å². The van der Waals surface area contributed by atoms with E-state index in [0.717, 1.165) is 33.8 Å². The summed E-state index contributed by atoms with van der Waals surface area (Å²) < 4.78 is 6.96. The molecule has 4 aromatic rings. The molecule has 0 amide bonds. The van der Waals surface area contributed by atoms with Gasteiger partial charge < -0.3 is 14.6 Å². The number of benzene rings is 2. The first kappa shape index (κ1) is 19.6. The van der Waals surface area contributed by atoms with Crippen molar-refractivity contribution < 1.29 is 9.53 Å². The molecular formula is C23H21N5O2S. The third-order valence-corrected chi connectivity index (χ3v) is 6.47. The third kappa shape index (κ3) is 3.42. The quantitative estimate of drug-likeness (QED) is 0.472. The van der Waals surface area contributed by atoms with Gasteiger partial charge in [0.1, 0.15) is 0 Å². The predicted molar refractivity (Wildman–Crippen MR) is 123 cm³/mol. The topological polar surface area (TPSA) is 81.9 Å².